The highest BCUT2D eigenvalue weighted by atomic mass is 79.9. The van der Waals surface area contributed by atoms with Crippen LogP contribution in [-0.2, 0) is 0 Å². The summed E-state index contributed by atoms with van der Waals surface area (Å²) in [5.74, 6) is 0. The topological polar surface area (TPSA) is 38.5 Å². The van der Waals surface area contributed by atoms with E-state index in [1.54, 1.807) is 6.07 Å². The molecule has 23 heavy (non-hydrogen) atoms. The lowest BCUT2D eigenvalue weighted by Gasteiger charge is -2.10. The van der Waals surface area contributed by atoms with Gasteiger partial charge in [-0.3, -0.25) is 9.59 Å². The molecule has 5 aromatic rings. The Morgan fingerprint density at radius 3 is 2.22 bits per heavy atom. The van der Waals surface area contributed by atoms with Crippen LogP contribution >= 0.6 is 27.3 Å². The summed E-state index contributed by atoms with van der Waals surface area (Å²) in [5.41, 5.74) is 0.217. The number of nitrogens with zero attached hydrogens (tertiary/aromatic N) is 1. The number of benzene rings is 2. The molecule has 110 valence electrons. The first-order valence-corrected chi connectivity index (χ1v) is 8.68. The lowest BCUT2D eigenvalue weighted by Crippen LogP contribution is -2.26. The van der Waals surface area contributed by atoms with E-state index in [1.165, 1.54) is 15.7 Å². The van der Waals surface area contributed by atoms with Gasteiger partial charge in [-0.25, -0.2) is 4.40 Å². The smallest absolute Gasteiger partial charge is 0.268 e. The summed E-state index contributed by atoms with van der Waals surface area (Å²) in [7, 11) is 0. The Morgan fingerprint density at radius 2 is 1.43 bits per heavy atom. The quantitative estimate of drug-likeness (QED) is 0.295. The second kappa shape index (κ2) is 4.40. The van der Waals surface area contributed by atoms with Crippen LogP contribution in [0.2, 0.25) is 0 Å². The first-order valence-electron chi connectivity index (χ1n) is 7.08. The number of thiophene rings is 1. The molecule has 0 aliphatic heterocycles. The third kappa shape index (κ3) is 1.58. The second-order valence-corrected chi connectivity index (χ2v) is 7.92. The maximum absolute atomic E-state index is 12.9. The van der Waals surface area contributed by atoms with E-state index in [0.29, 0.717) is 15.6 Å². The van der Waals surface area contributed by atoms with Crippen molar-refractivity contribution in [2.24, 2.45) is 0 Å². The molecular formula is C18H8BrNO2S. The molecule has 0 saturated carbocycles. The van der Waals surface area contributed by atoms with Crippen LogP contribution in [0.25, 0.3) is 37.1 Å². The molecule has 0 bridgehead atoms. The average Bonchev–Trinajstić information content (AvgIpc) is 2.96. The van der Waals surface area contributed by atoms with Crippen molar-refractivity contribution in [3.05, 3.63) is 73.0 Å². The molecule has 3 aromatic heterocycles. The molecule has 0 amide bonds. The van der Waals surface area contributed by atoms with E-state index in [1.807, 2.05) is 42.5 Å². The van der Waals surface area contributed by atoms with Gasteiger partial charge in [0.2, 0.25) is 0 Å². The number of para-hydroxylation sites is 1. The van der Waals surface area contributed by atoms with E-state index in [2.05, 4.69) is 15.9 Å². The number of rotatable bonds is 0. The van der Waals surface area contributed by atoms with E-state index in [0.717, 1.165) is 25.3 Å². The standard InChI is InChI=1S/C18H8BrNO2S/c19-14-8-13-11-7-3-6-10-9-4-1-2-5-12(9)17(21)20(15(10)11)18(22)16(13)23-14/h1-8H. The van der Waals surface area contributed by atoms with Gasteiger partial charge < -0.3 is 0 Å². The van der Waals surface area contributed by atoms with Crippen LogP contribution in [0.15, 0.2) is 61.9 Å². The summed E-state index contributed by atoms with van der Waals surface area (Å²) in [6.07, 6.45) is 0. The first-order chi connectivity index (χ1) is 11.2. The van der Waals surface area contributed by atoms with E-state index >= 15 is 0 Å². The maximum Gasteiger partial charge on any atom is 0.276 e. The number of fused-ring (bicyclic) bond motifs is 4. The van der Waals surface area contributed by atoms with Gasteiger partial charge in [-0.2, -0.15) is 0 Å². The van der Waals surface area contributed by atoms with Gasteiger partial charge in [0.25, 0.3) is 11.1 Å². The number of aromatic nitrogens is 1. The molecule has 0 aliphatic carbocycles. The molecule has 3 heterocycles. The number of pyridine rings is 2. The van der Waals surface area contributed by atoms with Crippen molar-refractivity contribution in [3.63, 3.8) is 0 Å². The molecule has 3 nitrogen and oxygen atoms in total. The van der Waals surface area contributed by atoms with Crippen LogP contribution in [-0.4, -0.2) is 4.40 Å². The van der Waals surface area contributed by atoms with E-state index in [9.17, 15) is 9.59 Å². The van der Waals surface area contributed by atoms with Crippen molar-refractivity contribution in [2.75, 3.05) is 0 Å². The lowest BCUT2D eigenvalue weighted by molar-refractivity contribution is 1.09. The predicted molar refractivity (Wildman–Crippen MR) is 99.2 cm³/mol. The molecule has 0 unspecified atom stereocenters. The van der Waals surface area contributed by atoms with Gasteiger partial charge in [0, 0.05) is 21.5 Å². The van der Waals surface area contributed by atoms with Crippen molar-refractivity contribution >= 4 is 64.4 Å². The maximum atomic E-state index is 12.9. The number of halogens is 1. The largest absolute Gasteiger partial charge is 0.276 e. The summed E-state index contributed by atoms with van der Waals surface area (Å²) in [6, 6.07) is 15.3. The highest BCUT2D eigenvalue weighted by Gasteiger charge is 2.17. The fraction of sp³-hybridized carbons (Fsp3) is 0. The molecule has 0 radical (unpaired) electrons. The van der Waals surface area contributed by atoms with Crippen LogP contribution in [0.1, 0.15) is 0 Å². The minimum atomic E-state index is -0.249. The highest BCUT2D eigenvalue weighted by Crippen LogP contribution is 2.35. The molecule has 0 saturated heterocycles. The third-order valence-corrected chi connectivity index (χ3v) is 5.93. The highest BCUT2D eigenvalue weighted by molar-refractivity contribution is 9.11. The molecule has 5 rings (SSSR count). The van der Waals surface area contributed by atoms with Crippen molar-refractivity contribution in [3.8, 4) is 0 Å². The zero-order valence-electron chi connectivity index (χ0n) is 11.7. The van der Waals surface area contributed by atoms with Gasteiger partial charge in [0.15, 0.2) is 0 Å². The van der Waals surface area contributed by atoms with Crippen molar-refractivity contribution in [1.82, 2.24) is 4.40 Å². The molecule has 0 atom stereocenters. The summed E-state index contributed by atoms with van der Waals surface area (Å²) in [5, 5.41) is 4.22. The van der Waals surface area contributed by atoms with E-state index in [-0.39, 0.29) is 11.1 Å². The van der Waals surface area contributed by atoms with Gasteiger partial charge in [0.1, 0.15) is 4.70 Å². The average molecular weight is 382 g/mol. The Kier molecular flexibility index (Phi) is 2.53. The Labute approximate surface area is 141 Å². The normalized spacial score (nSPS) is 12.0. The van der Waals surface area contributed by atoms with Crippen LogP contribution in [0.5, 0.6) is 0 Å². The Balaban J connectivity index is 2.32. The third-order valence-electron chi connectivity index (χ3n) is 4.30. The molecule has 0 fully saturated rings. The first kappa shape index (κ1) is 13.2. The zero-order chi connectivity index (χ0) is 15.7. The minimum Gasteiger partial charge on any atom is -0.268 e. The van der Waals surface area contributed by atoms with Crippen molar-refractivity contribution in [1.29, 1.82) is 0 Å². The van der Waals surface area contributed by atoms with Crippen LogP contribution in [0.3, 0.4) is 0 Å². The summed E-state index contributed by atoms with van der Waals surface area (Å²) in [4.78, 5) is 25.8. The molecule has 0 aliphatic rings. The fourth-order valence-corrected chi connectivity index (χ4v) is 4.90. The minimum absolute atomic E-state index is 0.241. The second-order valence-electron chi connectivity index (χ2n) is 5.49. The molecule has 2 aromatic carbocycles. The monoisotopic (exact) mass is 381 g/mol. The number of hydrogen-bond donors (Lipinski definition) is 0. The fourth-order valence-electron chi connectivity index (χ4n) is 3.36. The van der Waals surface area contributed by atoms with Crippen molar-refractivity contribution in [2.45, 2.75) is 0 Å². The zero-order valence-corrected chi connectivity index (χ0v) is 14.1. The Morgan fingerprint density at radius 1 is 0.783 bits per heavy atom. The summed E-state index contributed by atoms with van der Waals surface area (Å²) in [6.45, 7) is 0. The SMILES string of the molecule is O=c1c2ccccc2c2cccc3c4cc(Br)sc4c(=O)n1c23. The summed E-state index contributed by atoms with van der Waals surface area (Å²) < 4.78 is 2.82. The van der Waals surface area contributed by atoms with Crippen LogP contribution in [0, 0.1) is 0 Å². The summed E-state index contributed by atoms with van der Waals surface area (Å²) >= 11 is 4.82. The van der Waals surface area contributed by atoms with Gasteiger partial charge in [0.05, 0.1) is 9.30 Å². The molecule has 0 N–H and O–H groups in total. The van der Waals surface area contributed by atoms with E-state index in [4.69, 9.17) is 0 Å². The Bertz CT molecular complexity index is 1370. The predicted octanol–water partition coefficient (Wildman–Crippen LogP) is 4.38. The molecule has 0 spiro atoms. The van der Waals surface area contributed by atoms with Gasteiger partial charge in [-0.1, -0.05) is 36.4 Å². The number of hydrogen-bond acceptors (Lipinski definition) is 3. The van der Waals surface area contributed by atoms with Gasteiger partial charge >= 0.3 is 0 Å². The molecular weight excluding hydrogens is 374 g/mol. The van der Waals surface area contributed by atoms with Crippen LogP contribution in [0.4, 0.5) is 0 Å². The van der Waals surface area contributed by atoms with Gasteiger partial charge in [-0.15, -0.1) is 11.3 Å². The Hall–Kier alpha value is -2.24. The lowest BCUT2D eigenvalue weighted by atomic mass is 10.0. The van der Waals surface area contributed by atoms with Crippen molar-refractivity contribution < 1.29 is 0 Å². The van der Waals surface area contributed by atoms with E-state index < -0.39 is 0 Å². The molecule has 5 heteroatoms. The van der Waals surface area contributed by atoms with Crippen LogP contribution < -0.4 is 11.1 Å². The van der Waals surface area contributed by atoms with Gasteiger partial charge in [-0.05, 0) is 33.4 Å².